The highest BCUT2D eigenvalue weighted by Gasteiger charge is 2.20. The highest BCUT2D eigenvalue weighted by molar-refractivity contribution is 5.93. The van der Waals surface area contributed by atoms with Gasteiger partial charge in [-0.25, -0.2) is 9.97 Å². The quantitative estimate of drug-likeness (QED) is 0.710. The molecular weight excluding hydrogens is 344 g/mol. The number of amides is 1. The molecule has 3 rings (SSSR count). The number of pyridine rings is 1. The van der Waals surface area contributed by atoms with Gasteiger partial charge in [-0.05, 0) is 26.0 Å². The highest BCUT2D eigenvalue weighted by Crippen LogP contribution is 2.17. The van der Waals surface area contributed by atoms with Crippen molar-refractivity contribution >= 4 is 5.91 Å². The van der Waals surface area contributed by atoms with Crippen LogP contribution in [0.5, 0.6) is 0 Å². The standard InChI is InChI=1S/C19H22N6O2/c1-13-17(14(2)24(3)23-13)12-25(8-9-26)19(27)16-10-21-18(22-11-16)15-4-6-20-7-5-15/h4-7,10-11,26H,8-9,12H2,1-3H3. The van der Waals surface area contributed by atoms with Crippen LogP contribution in [0, 0.1) is 13.8 Å². The molecule has 1 N–H and O–H groups in total. The molecule has 3 heterocycles. The molecule has 0 aliphatic heterocycles. The third kappa shape index (κ3) is 4.01. The molecule has 0 radical (unpaired) electrons. The third-order valence-electron chi connectivity index (χ3n) is 4.50. The van der Waals surface area contributed by atoms with Crippen molar-refractivity contribution in [2.75, 3.05) is 13.2 Å². The first-order valence-corrected chi connectivity index (χ1v) is 8.63. The molecule has 0 fully saturated rings. The maximum absolute atomic E-state index is 12.9. The summed E-state index contributed by atoms with van der Waals surface area (Å²) >= 11 is 0. The zero-order chi connectivity index (χ0) is 19.4. The van der Waals surface area contributed by atoms with Gasteiger partial charge in [-0.15, -0.1) is 0 Å². The van der Waals surface area contributed by atoms with Crippen molar-refractivity contribution in [1.29, 1.82) is 0 Å². The second-order valence-electron chi connectivity index (χ2n) is 6.25. The van der Waals surface area contributed by atoms with Gasteiger partial charge in [-0.3, -0.25) is 14.5 Å². The number of aryl methyl sites for hydroxylation is 2. The van der Waals surface area contributed by atoms with E-state index in [9.17, 15) is 9.90 Å². The fourth-order valence-electron chi connectivity index (χ4n) is 2.88. The normalized spacial score (nSPS) is 10.8. The summed E-state index contributed by atoms with van der Waals surface area (Å²) in [5.41, 5.74) is 4.05. The summed E-state index contributed by atoms with van der Waals surface area (Å²) in [6, 6.07) is 3.62. The molecule has 0 bridgehead atoms. The van der Waals surface area contributed by atoms with E-state index in [1.54, 1.807) is 22.0 Å². The summed E-state index contributed by atoms with van der Waals surface area (Å²) in [6.45, 7) is 4.34. The van der Waals surface area contributed by atoms with Crippen molar-refractivity contribution in [3.8, 4) is 11.4 Å². The lowest BCUT2D eigenvalue weighted by Crippen LogP contribution is -2.33. The van der Waals surface area contributed by atoms with Crippen LogP contribution in [0.15, 0.2) is 36.9 Å². The van der Waals surface area contributed by atoms with Crippen molar-refractivity contribution in [3.05, 3.63) is 59.4 Å². The van der Waals surface area contributed by atoms with Gasteiger partial charge in [0.25, 0.3) is 5.91 Å². The molecule has 3 aromatic heterocycles. The van der Waals surface area contributed by atoms with Crippen LogP contribution < -0.4 is 0 Å². The Kier molecular flexibility index (Phi) is 5.56. The van der Waals surface area contributed by atoms with E-state index in [0.717, 1.165) is 22.5 Å². The van der Waals surface area contributed by atoms with Gasteiger partial charge in [0.2, 0.25) is 0 Å². The number of carbonyl (C=O) groups is 1. The van der Waals surface area contributed by atoms with E-state index >= 15 is 0 Å². The van der Waals surface area contributed by atoms with Crippen LogP contribution in [0.1, 0.15) is 27.3 Å². The average Bonchev–Trinajstić information content (AvgIpc) is 2.94. The van der Waals surface area contributed by atoms with Gasteiger partial charge in [0.1, 0.15) is 0 Å². The Labute approximate surface area is 157 Å². The lowest BCUT2D eigenvalue weighted by atomic mass is 10.1. The first kappa shape index (κ1) is 18.7. The second-order valence-corrected chi connectivity index (χ2v) is 6.25. The summed E-state index contributed by atoms with van der Waals surface area (Å²) in [4.78, 5) is 27.1. The van der Waals surface area contributed by atoms with Crippen LogP contribution in [0.3, 0.4) is 0 Å². The van der Waals surface area contributed by atoms with Gasteiger partial charge in [0.15, 0.2) is 5.82 Å². The number of aliphatic hydroxyl groups is 1. The number of hydrogen-bond acceptors (Lipinski definition) is 6. The summed E-state index contributed by atoms with van der Waals surface area (Å²) < 4.78 is 1.79. The van der Waals surface area contributed by atoms with Gasteiger partial charge >= 0.3 is 0 Å². The van der Waals surface area contributed by atoms with Crippen LogP contribution >= 0.6 is 0 Å². The van der Waals surface area contributed by atoms with Crippen molar-refractivity contribution in [2.45, 2.75) is 20.4 Å². The molecule has 0 aromatic carbocycles. The molecule has 0 saturated carbocycles. The largest absolute Gasteiger partial charge is 0.395 e. The molecule has 140 valence electrons. The smallest absolute Gasteiger partial charge is 0.257 e. The van der Waals surface area contributed by atoms with Crippen molar-refractivity contribution in [3.63, 3.8) is 0 Å². The van der Waals surface area contributed by atoms with E-state index in [-0.39, 0.29) is 19.1 Å². The minimum Gasteiger partial charge on any atom is -0.395 e. The zero-order valence-corrected chi connectivity index (χ0v) is 15.6. The fraction of sp³-hybridized carbons (Fsp3) is 0.316. The average molecular weight is 366 g/mol. The van der Waals surface area contributed by atoms with Crippen LogP contribution in [-0.4, -0.2) is 53.8 Å². The van der Waals surface area contributed by atoms with E-state index in [2.05, 4.69) is 20.1 Å². The second kappa shape index (κ2) is 8.05. The Balaban J connectivity index is 1.82. The molecule has 3 aromatic rings. The molecule has 0 atom stereocenters. The van der Waals surface area contributed by atoms with Crippen LogP contribution in [0.2, 0.25) is 0 Å². The minimum absolute atomic E-state index is 0.125. The maximum Gasteiger partial charge on any atom is 0.257 e. The van der Waals surface area contributed by atoms with E-state index in [0.29, 0.717) is 17.9 Å². The minimum atomic E-state index is -0.229. The molecule has 8 nitrogen and oxygen atoms in total. The number of rotatable bonds is 6. The van der Waals surface area contributed by atoms with Gasteiger partial charge in [0, 0.05) is 61.7 Å². The number of nitrogens with zero attached hydrogens (tertiary/aromatic N) is 6. The van der Waals surface area contributed by atoms with Crippen molar-refractivity contribution in [1.82, 2.24) is 29.6 Å². The Hall–Kier alpha value is -3.13. The van der Waals surface area contributed by atoms with E-state index in [1.807, 2.05) is 33.0 Å². The van der Waals surface area contributed by atoms with Crippen LogP contribution in [0.25, 0.3) is 11.4 Å². The third-order valence-corrected chi connectivity index (χ3v) is 4.50. The molecular formula is C19H22N6O2. The predicted octanol–water partition coefficient (Wildman–Crippen LogP) is 1.52. The van der Waals surface area contributed by atoms with Gasteiger partial charge in [0.05, 0.1) is 17.9 Å². The molecule has 8 heteroatoms. The Bertz CT molecular complexity index is 921. The number of hydrogen-bond donors (Lipinski definition) is 1. The summed E-state index contributed by atoms with van der Waals surface area (Å²) in [5, 5.41) is 13.8. The number of carbonyl (C=O) groups excluding carboxylic acids is 1. The Morgan fingerprint density at radius 1 is 1.19 bits per heavy atom. The van der Waals surface area contributed by atoms with Crippen LogP contribution in [-0.2, 0) is 13.6 Å². The first-order chi connectivity index (χ1) is 13.0. The topological polar surface area (TPSA) is 97.0 Å². The van der Waals surface area contributed by atoms with E-state index < -0.39 is 0 Å². The first-order valence-electron chi connectivity index (χ1n) is 8.63. The lowest BCUT2D eigenvalue weighted by molar-refractivity contribution is 0.0706. The summed E-state index contributed by atoms with van der Waals surface area (Å²) in [7, 11) is 1.87. The Morgan fingerprint density at radius 3 is 2.41 bits per heavy atom. The van der Waals surface area contributed by atoms with Crippen molar-refractivity contribution < 1.29 is 9.90 Å². The Morgan fingerprint density at radius 2 is 1.85 bits per heavy atom. The number of aliphatic hydroxyl groups excluding tert-OH is 1. The van der Waals surface area contributed by atoms with Crippen LogP contribution in [0.4, 0.5) is 0 Å². The SMILES string of the molecule is Cc1nn(C)c(C)c1CN(CCO)C(=O)c1cnc(-c2ccncc2)nc1. The molecule has 27 heavy (non-hydrogen) atoms. The molecule has 0 saturated heterocycles. The van der Waals surface area contributed by atoms with E-state index in [4.69, 9.17) is 0 Å². The van der Waals surface area contributed by atoms with Gasteiger partial charge in [-0.1, -0.05) is 0 Å². The van der Waals surface area contributed by atoms with Crippen molar-refractivity contribution in [2.24, 2.45) is 7.05 Å². The monoisotopic (exact) mass is 366 g/mol. The maximum atomic E-state index is 12.9. The molecule has 0 aliphatic rings. The molecule has 0 unspecified atom stereocenters. The molecule has 0 spiro atoms. The summed E-state index contributed by atoms with van der Waals surface area (Å²) in [5.74, 6) is 0.301. The van der Waals surface area contributed by atoms with E-state index in [1.165, 1.54) is 12.4 Å². The molecule has 0 aliphatic carbocycles. The fourth-order valence-corrected chi connectivity index (χ4v) is 2.88. The molecule has 1 amide bonds. The summed E-state index contributed by atoms with van der Waals surface area (Å²) in [6.07, 6.45) is 6.36. The number of aromatic nitrogens is 5. The zero-order valence-electron chi connectivity index (χ0n) is 15.6. The van der Waals surface area contributed by atoms with Gasteiger partial charge < -0.3 is 10.0 Å². The lowest BCUT2D eigenvalue weighted by Gasteiger charge is -2.22. The van der Waals surface area contributed by atoms with Gasteiger partial charge in [-0.2, -0.15) is 5.10 Å². The highest BCUT2D eigenvalue weighted by atomic mass is 16.3. The predicted molar refractivity (Wildman–Crippen MR) is 99.8 cm³/mol.